The van der Waals surface area contributed by atoms with Crippen molar-refractivity contribution in [3.63, 3.8) is 0 Å². The molecule has 1 unspecified atom stereocenters. The van der Waals surface area contributed by atoms with Gasteiger partial charge in [0.25, 0.3) is 11.6 Å². The largest absolute Gasteiger partial charge is 0.478 e. The lowest BCUT2D eigenvalue weighted by Gasteiger charge is -2.35. The van der Waals surface area contributed by atoms with Crippen LogP contribution in [0.5, 0.6) is 5.75 Å². The van der Waals surface area contributed by atoms with E-state index in [9.17, 15) is 19.7 Å². The third-order valence-electron chi connectivity index (χ3n) is 3.58. The molecular formula is C15H18N2O6. The third kappa shape index (κ3) is 3.41. The Hall–Kier alpha value is -2.64. The van der Waals surface area contributed by atoms with E-state index in [1.807, 2.05) is 13.8 Å². The molecule has 2 rings (SSSR count). The first kappa shape index (κ1) is 16.7. The molecule has 0 aromatic heterocycles. The number of fused-ring (bicyclic) bond motifs is 1. The molecule has 0 radical (unpaired) electrons. The van der Waals surface area contributed by atoms with Gasteiger partial charge in [-0.3, -0.25) is 19.7 Å². The summed E-state index contributed by atoms with van der Waals surface area (Å²) in [5.41, 5.74) is 0.149. The lowest BCUT2D eigenvalue weighted by molar-refractivity contribution is -0.384. The van der Waals surface area contributed by atoms with E-state index in [0.29, 0.717) is 11.4 Å². The molecule has 1 aliphatic rings. The molecule has 0 saturated carbocycles. The second kappa shape index (κ2) is 6.64. The van der Waals surface area contributed by atoms with E-state index >= 15 is 0 Å². The van der Waals surface area contributed by atoms with E-state index in [2.05, 4.69) is 4.74 Å². The number of hydrogen-bond acceptors (Lipinski definition) is 6. The molecule has 23 heavy (non-hydrogen) atoms. The van der Waals surface area contributed by atoms with Crippen LogP contribution in [0.25, 0.3) is 0 Å². The molecule has 1 heterocycles. The SMILES string of the molecule is COC(=O)CCN1C(=O)C(C(C)C)Oc2ccc([N+](=O)[O-])cc21. The Morgan fingerprint density at radius 3 is 2.74 bits per heavy atom. The zero-order chi connectivity index (χ0) is 17.1. The number of anilines is 1. The van der Waals surface area contributed by atoms with Crippen molar-refractivity contribution in [3.8, 4) is 5.75 Å². The van der Waals surface area contributed by atoms with E-state index in [0.717, 1.165) is 0 Å². The number of ether oxygens (including phenoxy) is 2. The average molecular weight is 322 g/mol. The molecule has 0 N–H and O–H groups in total. The summed E-state index contributed by atoms with van der Waals surface area (Å²) < 4.78 is 10.3. The number of nitro groups is 1. The number of esters is 1. The molecule has 8 heteroatoms. The fourth-order valence-corrected chi connectivity index (χ4v) is 2.35. The summed E-state index contributed by atoms with van der Waals surface area (Å²) in [4.78, 5) is 35.7. The van der Waals surface area contributed by atoms with E-state index in [-0.39, 0.29) is 30.5 Å². The number of non-ortho nitro benzene ring substituents is 1. The van der Waals surface area contributed by atoms with Crippen molar-refractivity contribution in [3.05, 3.63) is 28.3 Å². The van der Waals surface area contributed by atoms with Crippen molar-refractivity contribution in [1.29, 1.82) is 0 Å². The van der Waals surface area contributed by atoms with Crippen LogP contribution < -0.4 is 9.64 Å². The molecule has 0 fully saturated rings. The summed E-state index contributed by atoms with van der Waals surface area (Å²) in [6, 6.07) is 4.08. The number of carbonyl (C=O) groups is 2. The zero-order valence-corrected chi connectivity index (χ0v) is 13.1. The number of nitro benzene ring substituents is 1. The van der Waals surface area contributed by atoms with Crippen LogP contribution in [0.1, 0.15) is 20.3 Å². The van der Waals surface area contributed by atoms with Gasteiger partial charge in [-0.15, -0.1) is 0 Å². The van der Waals surface area contributed by atoms with Gasteiger partial charge in [-0.1, -0.05) is 13.8 Å². The second-order valence-electron chi connectivity index (χ2n) is 5.51. The minimum Gasteiger partial charge on any atom is -0.478 e. The van der Waals surface area contributed by atoms with Gasteiger partial charge >= 0.3 is 5.97 Å². The molecule has 8 nitrogen and oxygen atoms in total. The molecule has 1 atom stereocenters. The van der Waals surface area contributed by atoms with Crippen molar-refractivity contribution in [1.82, 2.24) is 0 Å². The Kier molecular flexibility index (Phi) is 4.83. The number of rotatable bonds is 5. The van der Waals surface area contributed by atoms with Crippen molar-refractivity contribution in [2.75, 3.05) is 18.6 Å². The maximum atomic E-state index is 12.6. The van der Waals surface area contributed by atoms with E-state index in [4.69, 9.17) is 4.74 Å². The number of carbonyl (C=O) groups excluding carboxylic acids is 2. The normalized spacial score (nSPS) is 16.8. The van der Waals surface area contributed by atoms with Gasteiger partial charge in [0.2, 0.25) is 0 Å². The van der Waals surface area contributed by atoms with Gasteiger partial charge in [-0.25, -0.2) is 0 Å². The van der Waals surface area contributed by atoms with Gasteiger partial charge < -0.3 is 14.4 Å². The van der Waals surface area contributed by atoms with Crippen LogP contribution in [0.2, 0.25) is 0 Å². The lowest BCUT2D eigenvalue weighted by atomic mass is 10.0. The first-order chi connectivity index (χ1) is 10.8. The predicted molar refractivity (Wildman–Crippen MR) is 81.3 cm³/mol. The second-order valence-corrected chi connectivity index (χ2v) is 5.51. The summed E-state index contributed by atoms with van der Waals surface area (Å²) in [5.74, 6) is -0.473. The minimum absolute atomic E-state index is 0.00477. The first-order valence-electron chi connectivity index (χ1n) is 7.18. The molecule has 124 valence electrons. The smallest absolute Gasteiger partial charge is 0.307 e. The van der Waals surface area contributed by atoms with Crippen LogP contribution >= 0.6 is 0 Å². The highest BCUT2D eigenvalue weighted by Gasteiger charge is 2.37. The topological polar surface area (TPSA) is 99.0 Å². The van der Waals surface area contributed by atoms with Gasteiger partial charge in [0.1, 0.15) is 5.75 Å². The fraction of sp³-hybridized carbons (Fsp3) is 0.467. The zero-order valence-electron chi connectivity index (χ0n) is 13.1. The highest BCUT2D eigenvalue weighted by molar-refractivity contribution is 6.00. The number of benzene rings is 1. The highest BCUT2D eigenvalue weighted by atomic mass is 16.6. The molecule has 1 amide bonds. The third-order valence-corrected chi connectivity index (χ3v) is 3.58. The molecule has 1 aromatic rings. The van der Waals surface area contributed by atoms with Gasteiger partial charge in [0.15, 0.2) is 6.10 Å². The Morgan fingerprint density at radius 2 is 2.17 bits per heavy atom. The quantitative estimate of drug-likeness (QED) is 0.466. The van der Waals surface area contributed by atoms with E-state index in [1.165, 1.54) is 30.2 Å². The molecular weight excluding hydrogens is 304 g/mol. The highest BCUT2D eigenvalue weighted by Crippen LogP contribution is 2.38. The van der Waals surface area contributed by atoms with Gasteiger partial charge in [-0.05, 0) is 12.0 Å². The predicted octanol–water partition coefficient (Wildman–Crippen LogP) is 1.91. The van der Waals surface area contributed by atoms with Gasteiger partial charge in [-0.2, -0.15) is 0 Å². The summed E-state index contributed by atoms with van der Waals surface area (Å²) in [7, 11) is 1.26. The fourth-order valence-electron chi connectivity index (χ4n) is 2.35. The van der Waals surface area contributed by atoms with Gasteiger partial charge in [0, 0.05) is 18.7 Å². The molecule has 1 aliphatic heterocycles. The molecule has 0 aliphatic carbocycles. The summed E-state index contributed by atoms with van der Waals surface area (Å²) in [6.45, 7) is 3.77. The summed E-state index contributed by atoms with van der Waals surface area (Å²) in [6.07, 6.45) is -0.698. The van der Waals surface area contributed by atoms with Gasteiger partial charge in [0.05, 0.1) is 24.1 Å². The Morgan fingerprint density at radius 1 is 1.48 bits per heavy atom. The van der Waals surface area contributed by atoms with Crippen LogP contribution in [0.3, 0.4) is 0 Å². The molecule has 0 saturated heterocycles. The summed E-state index contributed by atoms with van der Waals surface area (Å²) >= 11 is 0. The standard InChI is InChI=1S/C15H18N2O6/c1-9(2)14-15(19)16(7-6-13(18)22-3)11-8-10(17(20)21)4-5-12(11)23-14/h4-5,8-9,14H,6-7H2,1-3H3. The van der Waals surface area contributed by atoms with Crippen molar-refractivity contribution < 1.29 is 24.0 Å². The van der Waals surface area contributed by atoms with Crippen LogP contribution in [0, 0.1) is 16.0 Å². The maximum Gasteiger partial charge on any atom is 0.307 e. The van der Waals surface area contributed by atoms with Crippen LogP contribution in [-0.4, -0.2) is 36.6 Å². The Balaban J connectivity index is 2.40. The number of nitrogens with zero attached hydrogens (tertiary/aromatic N) is 2. The first-order valence-corrected chi connectivity index (χ1v) is 7.18. The van der Waals surface area contributed by atoms with Crippen LogP contribution in [-0.2, 0) is 14.3 Å². The summed E-state index contributed by atoms with van der Waals surface area (Å²) in [5, 5.41) is 10.9. The number of hydrogen-bond donors (Lipinski definition) is 0. The lowest BCUT2D eigenvalue weighted by Crippen LogP contribution is -2.49. The number of amides is 1. The van der Waals surface area contributed by atoms with Crippen LogP contribution in [0.15, 0.2) is 18.2 Å². The van der Waals surface area contributed by atoms with Crippen molar-refractivity contribution >= 4 is 23.3 Å². The van der Waals surface area contributed by atoms with Crippen molar-refractivity contribution in [2.45, 2.75) is 26.4 Å². The van der Waals surface area contributed by atoms with E-state index in [1.54, 1.807) is 0 Å². The average Bonchev–Trinajstić information content (AvgIpc) is 2.52. The van der Waals surface area contributed by atoms with Crippen molar-refractivity contribution in [2.24, 2.45) is 5.92 Å². The molecule has 0 bridgehead atoms. The van der Waals surface area contributed by atoms with E-state index < -0.39 is 17.0 Å². The molecule has 1 aromatic carbocycles. The minimum atomic E-state index is -0.693. The molecule has 0 spiro atoms. The number of methoxy groups -OCH3 is 1. The Bertz CT molecular complexity index is 643. The maximum absolute atomic E-state index is 12.6. The van der Waals surface area contributed by atoms with Crippen LogP contribution in [0.4, 0.5) is 11.4 Å². The monoisotopic (exact) mass is 322 g/mol. The Labute approximate surface area is 133 Å².